The molecule has 0 unspecified atom stereocenters. The smallest absolute Gasteiger partial charge is 0.126 e. The van der Waals surface area contributed by atoms with Gasteiger partial charge >= 0.3 is 0 Å². The second-order valence-corrected chi connectivity index (χ2v) is 21.5. The molecular formula is C105H156O11. The van der Waals surface area contributed by atoms with E-state index in [0.29, 0.717) is 0 Å². The maximum atomic E-state index is 5.27. The molecule has 0 fully saturated rings. The fourth-order valence-corrected chi connectivity index (χ4v) is 9.96. The van der Waals surface area contributed by atoms with Crippen LogP contribution in [0.1, 0.15) is 193 Å². The molecule has 0 saturated carbocycles. The van der Waals surface area contributed by atoms with E-state index in [1.807, 2.05) is 372 Å². The lowest BCUT2D eigenvalue weighted by Crippen LogP contribution is -2.10. The van der Waals surface area contributed by atoms with Gasteiger partial charge in [-0.2, -0.15) is 0 Å². The van der Waals surface area contributed by atoms with Crippen LogP contribution in [0.15, 0.2) is 255 Å². The Kier molecular flexibility index (Phi) is 76.9. The summed E-state index contributed by atoms with van der Waals surface area (Å²) in [7, 11) is 18.5. The van der Waals surface area contributed by atoms with Crippen molar-refractivity contribution in [3.8, 4) is 63.2 Å². The van der Waals surface area contributed by atoms with E-state index in [2.05, 4.69) is 69.3 Å². The van der Waals surface area contributed by atoms with Crippen molar-refractivity contribution in [2.24, 2.45) is 0 Å². The summed E-state index contributed by atoms with van der Waals surface area (Å²) >= 11 is 0. The first-order chi connectivity index (χ1) is 56.8. The van der Waals surface area contributed by atoms with Crippen LogP contribution in [0, 0.1) is 0 Å². The topological polar surface area (TPSA) is 102 Å². The summed E-state index contributed by atoms with van der Waals surface area (Å²) in [6, 6.07) is 84.4. The molecule has 0 atom stereocenters. The van der Waals surface area contributed by atoms with E-state index in [-0.39, 0.29) is 5.41 Å². The Bertz CT molecular complexity index is 4210. The number of benzene rings is 13. The first kappa shape index (κ1) is 116. The van der Waals surface area contributed by atoms with E-state index >= 15 is 0 Å². The van der Waals surface area contributed by atoms with Crippen molar-refractivity contribution in [2.75, 3.05) is 78.2 Å². The molecule has 0 bridgehead atoms. The maximum absolute atomic E-state index is 5.27. The molecule has 13 aromatic carbocycles. The van der Waals surface area contributed by atoms with E-state index < -0.39 is 0 Å². The van der Waals surface area contributed by atoms with Crippen LogP contribution in [-0.2, 0) is 5.41 Å². The van der Waals surface area contributed by atoms with Gasteiger partial charge in [0, 0.05) is 32.3 Å². The molecule has 11 heteroatoms. The van der Waals surface area contributed by atoms with Crippen LogP contribution in [0.5, 0.6) is 63.2 Å². The number of ether oxygens (including phenoxy) is 11. The highest BCUT2D eigenvalue weighted by atomic mass is 16.5. The van der Waals surface area contributed by atoms with Gasteiger partial charge in [0.15, 0.2) is 0 Å². The molecule has 0 amide bonds. The minimum absolute atomic E-state index is 0.228. The third-order valence-electron chi connectivity index (χ3n) is 15.0. The van der Waals surface area contributed by atoms with Crippen LogP contribution < -0.4 is 52.1 Å². The van der Waals surface area contributed by atoms with E-state index in [4.69, 9.17) is 52.1 Å². The number of rotatable bonds is 11. The number of methoxy groups -OCH3 is 11. The van der Waals surface area contributed by atoms with Crippen LogP contribution in [0.3, 0.4) is 0 Å². The highest BCUT2D eigenvalue weighted by molar-refractivity contribution is 5.95. The van der Waals surface area contributed by atoms with E-state index in [1.54, 1.807) is 78.2 Å². The zero-order chi connectivity index (χ0) is 89.8. The van der Waals surface area contributed by atoms with Crippen molar-refractivity contribution in [1.29, 1.82) is 0 Å². The molecule has 0 aromatic heterocycles. The molecule has 0 heterocycles. The first-order valence-corrected chi connectivity index (χ1v) is 41.9. The molecule has 11 nitrogen and oxygen atoms in total. The molecule has 0 saturated heterocycles. The molecule has 0 radical (unpaired) electrons. The average molecular weight is 1590 g/mol. The van der Waals surface area contributed by atoms with Gasteiger partial charge in [0.25, 0.3) is 0 Å². The Hall–Kier alpha value is -10.8. The fourth-order valence-electron chi connectivity index (χ4n) is 9.96. The zero-order valence-electron chi connectivity index (χ0n) is 79.2. The molecule has 0 aliphatic carbocycles. The average Bonchev–Trinajstić information content (AvgIpc) is 0.814. The summed E-state index contributed by atoms with van der Waals surface area (Å²) in [4.78, 5) is 0. The van der Waals surface area contributed by atoms with Crippen LogP contribution in [-0.4, -0.2) is 78.2 Å². The van der Waals surface area contributed by atoms with Crippen molar-refractivity contribution in [1.82, 2.24) is 0 Å². The van der Waals surface area contributed by atoms with Gasteiger partial charge in [-0.1, -0.05) is 339 Å². The van der Waals surface area contributed by atoms with Gasteiger partial charge in [-0.3, -0.25) is 0 Å². The molecule has 642 valence electrons. The maximum Gasteiger partial charge on any atom is 0.126 e. The van der Waals surface area contributed by atoms with E-state index in [0.717, 1.165) is 101 Å². The number of hydrogen-bond acceptors (Lipinski definition) is 11. The van der Waals surface area contributed by atoms with Gasteiger partial charge in [0.05, 0.1) is 78.2 Å². The minimum Gasteiger partial charge on any atom is -0.497 e. The van der Waals surface area contributed by atoms with Gasteiger partial charge in [0.1, 0.15) is 63.2 Å². The van der Waals surface area contributed by atoms with Crippen LogP contribution in [0.25, 0.3) is 64.6 Å². The SMILES string of the molecule is CC.CC.CC.CC.CC.CC.CC.CC.CC.CC.CC.CC.COc1ccc(C(C)(C)C)cc1.COc1ccc(OC)c2ccccc12.COc1ccc2c(OC)cccc2c1.COc1ccc2ccc(OC)cc2c1.COc1ccc2ccccc2c1.COc1cccc2c(OC)cccc12.COc1cccc2ccccc12. The zero-order valence-corrected chi connectivity index (χ0v) is 79.2. The summed E-state index contributed by atoms with van der Waals surface area (Å²) in [5, 5.41) is 13.7. The highest BCUT2D eigenvalue weighted by Gasteiger charge is 2.13. The second kappa shape index (κ2) is 76.8. The Balaban J connectivity index is -0.000000291. The normalized spacial score (nSPS) is 8.78. The van der Waals surface area contributed by atoms with Crippen molar-refractivity contribution < 1.29 is 52.1 Å². The lowest BCUT2D eigenvalue weighted by atomic mass is 9.87. The lowest BCUT2D eigenvalue weighted by molar-refractivity contribution is 0.410. The van der Waals surface area contributed by atoms with Crippen molar-refractivity contribution in [2.45, 2.75) is 192 Å². The van der Waals surface area contributed by atoms with Gasteiger partial charge in [0.2, 0.25) is 0 Å². The molecule has 0 spiro atoms. The van der Waals surface area contributed by atoms with Crippen LogP contribution >= 0.6 is 0 Å². The standard InChI is InChI=1S/4C12H12O2.2C11H10O.C11H16O.12C2H6/c1-13-11-7-3-6-10-9(11)5-4-8-12(10)14-2;1-13-11-5-3-9-4-6-12(14-2)8-10(9)7-11;1-13-10-6-7-11-9(8-10)4-3-5-12(11)14-2;1-13-11-7-8-12(14-2)10-6-4-3-5-9(10)11;1-12-11-8-4-6-9-5-2-3-7-10(9)11;1-12-11-7-6-9-4-2-3-5-10(9)8-11;1-11(2,3)9-5-7-10(12-4)8-6-9;12*1-2/h4*3-8H,1-2H3;2*2-8H,1H3;5-8H,1-4H3;12*1-2H3. The molecular weight excluding hydrogens is 1440 g/mol. The largest absolute Gasteiger partial charge is 0.497 e. The molecule has 13 rings (SSSR count). The number of fused-ring (bicyclic) bond motifs is 6. The Morgan fingerprint density at radius 2 is 0.371 bits per heavy atom. The third kappa shape index (κ3) is 41.5. The van der Waals surface area contributed by atoms with Crippen molar-refractivity contribution in [3.05, 3.63) is 260 Å². The van der Waals surface area contributed by atoms with Crippen LogP contribution in [0.2, 0.25) is 0 Å². The quantitative estimate of drug-likeness (QED) is 0.124. The third-order valence-corrected chi connectivity index (χ3v) is 15.0. The van der Waals surface area contributed by atoms with Gasteiger partial charge in [-0.25, -0.2) is 0 Å². The van der Waals surface area contributed by atoms with Gasteiger partial charge in [-0.05, 0) is 146 Å². The summed E-state index contributed by atoms with van der Waals surface area (Å²) in [5.74, 6) is 9.77. The second-order valence-electron chi connectivity index (χ2n) is 21.5. The summed E-state index contributed by atoms with van der Waals surface area (Å²) in [6.07, 6.45) is 0. The van der Waals surface area contributed by atoms with Gasteiger partial charge < -0.3 is 52.1 Å². The fraction of sp³-hybridized carbons (Fsp3) is 0.371. The van der Waals surface area contributed by atoms with Crippen molar-refractivity contribution in [3.63, 3.8) is 0 Å². The lowest BCUT2D eigenvalue weighted by Gasteiger charge is -2.18. The predicted molar refractivity (Wildman–Crippen MR) is 517 cm³/mol. The Morgan fingerprint density at radius 3 is 0.698 bits per heavy atom. The first-order valence-electron chi connectivity index (χ1n) is 41.9. The summed E-state index contributed by atoms with van der Waals surface area (Å²) < 4.78 is 57.2. The minimum atomic E-state index is 0.228. The number of hydrogen-bond donors (Lipinski definition) is 0. The molecule has 116 heavy (non-hydrogen) atoms. The Morgan fingerprint density at radius 1 is 0.155 bits per heavy atom. The summed E-state index contributed by atoms with van der Waals surface area (Å²) in [6.45, 7) is 54.6. The van der Waals surface area contributed by atoms with Crippen molar-refractivity contribution >= 4 is 64.6 Å². The monoisotopic (exact) mass is 1590 g/mol. The molecule has 0 aliphatic rings. The molecule has 0 N–H and O–H groups in total. The van der Waals surface area contributed by atoms with E-state index in [9.17, 15) is 0 Å². The molecule has 0 aliphatic heterocycles. The van der Waals surface area contributed by atoms with Crippen LogP contribution in [0.4, 0.5) is 0 Å². The molecule has 13 aromatic rings. The Labute approximate surface area is 706 Å². The van der Waals surface area contributed by atoms with Gasteiger partial charge in [-0.15, -0.1) is 0 Å². The predicted octanol–water partition coefficient (Wildman–Crippen LogP) is 32.4. The summed E-state index contributed by atoms with van der Waals surface area (Å²) in [5.41, 5.74) is 1.56. The highest BCUT2D eigenvalue weighted by Crippen LogP contribution is 2.35. The van der Waals surface area contributed by atoms with E-state index in [1.165, 1.54) is 32.5 Å².